The number of nitriles is 1. The first-order valence-electron chi connectivity index (χ1n) is 8.39. The van der Waals surface area contributed by atoms with E-state index in [0.29, 0.717) is 28.4 Å². The summed E-state index contributed by atoms with van der Waals surface area (Å²) >= 11 is 0. The molecule has 0 spiro atoms. The third-order valence-corrected chi connectivity index (χ3v) is 3.92. The second-order valence-corrected chi connectivity index (χ2v) is 8.35. The molecule has 136 valence electrons. The zero-order chi connectivity index (χ0) is 19.3. The van der Waals surface area contributed by atoms with E-state index in [9.17, 15) is 5.26 Å². The molecule has 9 heteroatoms. The van der Waals surface area contributed by atoms with Gasteiger partial charge in [-0.15, -0.1) is 20.0 Å². The van der Waals surface area contributed by atoms with Crippen molar-refractivity contribution in [3.8, 4) is 6.07 Å². The maximum atomic E-state index is 9.52. The molecule has 3 aromatic rings. The van der Waals surface area contributed by atoms with Gasteiger partial charge in [0.15, 0.2) is 17.2 Å². The number of nitrogens with one attached hydrogen (secondary N) is 2. The number of aryl methyl sites for hydroxylation is 1. The second-order valence-electron chi connectivity index (χ2n) is 8.35. The molecule has 0 saturated carbocycles. The van der Waals surface area contributed by atoms with Gasteiger partial charge in [-0.25, -0.2) is 0 Å². The summed E-state index contributed by atoms with van der Waals surface area (Å²) < 4.78 is 1.53. The van der Waals surface area contributed by atoms with Gasteiger partial charge in [0.2, 0.25) is 0 Å². The van der Waals surface area contributed by atoms with Gasteiger partial charge in [-0.2, -0.15) is 15.5 Å². The van der Waals surface area contributed by atoms with E-state index in [1.165, 1.54) is 4.63 Å². The summed E-state index contributed by atoms with van der Waals surface area (Å²) in [6, 6.07) is 2.18. The first kappa shape index (κ1) is 17.8. The molecule has 0 aromatic carbocycles. The van der Waals surface area contributed by atoms with Crippen LogP contribution in [0.25, 0.3) is 5.65 Å². The zero-order valence-electron chi connectivity index (χ0n) is 16.1. The Kier molecular flexibility index (Phi) is 3.94. The Bertz CT molecular complexity index is 1030. The van der Waals surface area contributed by atoms with Gasteiger partial charge in [0.25, 0.3) is 0 Å². The van der Waals surface area contributed by atoms with Crippen molar-refractivity contribution in [2.45, 2.75) is 59.3 Å². The van der Waals surface area contributed by atoms with Crippen molar-refractivity contribution in [2.24, 2.45) is 10.2 Å². The maximum Gasteiger partial charge on any atom is 0.188 e. The van der Waals surface area contributed by atoms with Crippen LogP contribution in [0.2, 0.25) is 0 Å². The molecular formula is C17H23N9. The van der Waals surface area contributed by atoms with E-state index in [0.717, 1.165) is 11.5 Å². The van der Waals surface area contributed by atoms with Gasteiger partial charge in [-0.3, -0.25) is 5.10 Å². The topological polar surface area (TPSA) is 123 Å². The van der Waals surface area contributed by atoms with E-state index in [1.54, 1.807) is 0 Å². The number of azo groups is 1. The number of hydrogen-bond acceptors (Lipinski definition) is 6. The number of aromatic nitrogens is 6. The lowest BCUT2D eigenvalue weighted by Gasteiger charge is -2.15. The first-order valence-corrected chi connectivity index (χ1v) is 8.39. The van der Waals surface area contributed by atoms with E-state index in [-0.39, 0.29) is 10.8 Å². The molecule has 0 aliphatic carbocycles. The first-order chi connectivity index (χ1) is 12.0. The van der Waals surface area contributed by atoms with E-state index >= 15 is 0 Å². The summed E-state index contributed by atoms with van der Waals surface area (Å²) in [6.45, 7) is 14.0. The molecule has 26 heavy (non-hydrogen) atoms. The molecule has 3 rings (SSSR count). The zero-order valence-corrected chi connectivity index (χ0v) is 16.1. The van der Waals surface area contributed by atoms with Crippen LogP contribution in [0, 0.1) is 18.3 Å². The molecule has 0 saturated heterocycles. The monoisotopic (exact) mass is 353 g/mol. The summed E-state index contributed by atoms with van der Waals surface area (Å²) in [7, 11) is 0. The number of H-pyrrole nitrogens is 2. The van der Waals surface area contributed by atoms with Gasteiger partial charge >= 0.3 is 0 Å². The quantitative estimate of drug-likeness (QED) is 0.676. The Balaban J connectivity index is 2.12. The second kappa shape index (κ2) is 5.76. The fourth-order valence-electron chi connectivity index (χ4n) is 2.67. The molecule has 0 bridgehead atoms. The molecule has 3 aromatic heterocycles. The Hall–Kier alpha value is -3.02. The van der Waals surface area contributed by atoms with E-state index in [2.05, 4.69) is 62.4 Å². The summed E-state index contributed by atoms with van der Waals surface area (Å²) in [5, 5.41) is 34.1. The van der Waals surface area contributed by atoms with Crippen LogP contribution in [-0.2, 0) is 10.8 Å². The highest BCUT2D eigenvalue weighted by Crippen LogP contribution is 2.35. The summed E-state index contributed by atoms with van der Waals surface area (Å²) in [4.78, 5) is 3.16. The lowest BCUT2D eigenvalue weighted by atomic mass is 9.90. The Morgan fingerprint density at radius 3 is 2.23 bits per heavy atom. The van der Waals surface area contributed by atoms with Gasteiger partial charge in [0.05, 0.1) is 11.4 Å². The van der Waals surface area contributed by atoms with Crippen molar-refractivity contribution in [2.75, 3.05) is 0 Å². The lowest BCUT2D eigenvalue weighted by Crippen LogP contribution is -2.13. The standard InChI is InChI=1S/C17H23N9/c1-9-19-15-11(13(17(5,6)7)25-26(15)24-9)20-22-14-10(8-18)12(21-23-14)16(2,3)4/h1-7H3,(H,19,24)(H,21,23)/b22-20+. The van der Waals surface area contributed by atoms with Crippen molar-refractivity contribution < 1.29 is 0 Å². The predicted molar refractivity (Wildman–Crippen MR) is 97.0 cm³/mol. The molecule has 0 amide bonds. The van der Waals surface area contributed by atoms with E-state index in [1.807, 2.05) is 27.7 Å². The molecular weight excluding hydrogens is 330 g/mol. The number of hydrogen-bond donors (Lipinski definition) is 2. The van der Waals surface area contributed by atoms with Gasteiger partial charge < -0.3 is 4.98 Å². The highest BCUT2D eigenvalue weighted by atomic mass is 15.5. The van der Waals surface area contributed by atoms with Crippen LogP contribution in [-0.4, -0.2) is 30.0 Å². The van der Waals surface area contributed by atoms with Gasteiger partial charge in [0, 0.05) is 10.8 Å². The van der Waals surface area contributed by atoms with Crippen molar-refractivity contribution >= 4 is 17.2 Å². The number of rotatable bonds is 2. The smallest absolute Gasteiger partial charge is 0.188 e. The molecule has 0 radical (unpaired) electrons. The van der Waals surface area contributed by atoms with Crippen LogP contribution < -0.4 is 0 Å². The van der Waals surface area contributed by atoms with E-state index in [4.69, 9.17) is 0 Å². The Morgan fingerprint density at radius 2 is 1.65 bits per heavy atom. The highest BCUT2D eigenvalue weighted by Gasteiger charge is 2.27. The van der Waals surface area contributed by atoms with Crippen molar-refractivity contribution in [1.82, 2.24) is 30.0 Å². The number of aromatic amines is 2. The minimum absolute atomic E-state index is 0.237. The largest absolute Gasteiger partial charge is 0.324 e. The van der Waals surface area contributed by atoms with Gasteiger partial charge in [-0.05, 0) is 6.92 Å². The molecule has 2 N–H and O–H groups in total. The summed E-state index contributed by atoms with van der Waals surface area (Å²) in [5.41, 5.74) is 2.62. The average molecular weight is 353 g/mol. The van der Waals surface area contributed by atoms with Gasteiger partial charge in [-0.1, -0.05) is 41.5 Å². The average Bonchev–Trinajstić information content (AvgIpc) is 3.15. The normalized spacial score (nSPS) is 13.0. The fourth-order valence-corrected chi connectivity index (χ4v) is 2.67. The number of nitrogens with zero attached hydrogens (tertiary/aromatic N) is 7. The molecule has 0 fully saturated rings. The lowest BCUT2D eigenvalue weighted by molar-refractivity contribution is 0.557. The summed E-state index contributed by atoms with van der Waals surface area (Å²) in [6.07, 6.45) is 0. The van der Waals surface area contributed by atoms with Crippen LogP contribution >= 0.6 is 0 Å². The number of fused-ring (bicyclic) bond motifs is 1. The SMILES string of the molecule is Cc1nn2nc(C(C)(C)C)c(/N=N/c3[nH]nc(C(C)(C)C)c3C#N)c2[nH]1. The minimum atomic E-state index is -0.266. The fraction of sp³-hybridized carbons (Fsp3) is 0.529. The summed E-state index contributed by atoms with van der Waals surface area (Å²) in [5.74, 6) is 1.08. The van der Waals surface area contributed by atoms with E-state index < -0.39 is 0 Å². The van der Waals surface area contributed by atoms with Crippen LogP contribution in [0.3, 0.4) is 0 Å². The van der Waals surface area contributed by atoms with Crippen LogP contribution in [0.15, 0.2) is 10.2 Å². The molecule has 0 atom stereocenters. The molecule has 0 aliphatic heterocycles. The third kappa shape index (κ3) is 2.98. The minimum Gasteiger partial charge on any atom is -0.324 e. The predicted octanol–water partition coefficient (Wildman–Crippen LogP) is 3.97. The van der Waals surface area contributed by atoms with Crippen molar-refractivity contribution in [1.29, 1.82) is 5.26 Å². The maximum absolute atomic E-state index is 9.52. The van der Waals surface area contributed by atoms with Crippen LogP contribution in [0.1, 0.15) is 64.3 Å². The third-order valence-electron chi connectivity index (χ3n) is 3.92. The molecule has 9 nitrogen and oxygen atoms in total. The van der Waals surface area contributed by atoms with Crippen molar-refractivity contribution in [3.05, 3.63) is 22.8 Å². The van der Waals surface area contributed by atoms with Gasteiger partial charge in [0.1, 0.15) is 17.5 Å². The van der Waals surface area contributed by atoms with Crippen LogP contribution in [0.5, 0.6) is 0 Å². The molecule has 0 aliphatic rings. The van der Waals surface area contributed by atoms with Crippen LogP contribution in [0.4, 0.5) is 11.5 Å². The molecule has 3 heterocycles. The van der Waals surface area contributed by atoms with Crippen molar-refractivity contribution in [3.63, 3.8) is 0 Å². The molecule has 0 unspecified atom stereocenters. The highest BCUT2D eigenvalue weighted by molar-refractivity contribution is 5.68. The Morgan fingerprint density at radius 1 is 1.00 bits per heavy atom. The Labute approximate surface area is 151 Å².